The van der Waals surface area contributed by atoms with Gasteiger partial charge in [0.2, 0.25) is 11.8 Å². The van der Waals surface area contributed by atoms with Gasteiger partial charge in [0.15, 0.2) is 0 Å². The number of carbonyl (C=O) groups excluding carboxylic acids is 3. The van der Waals surface area contributed by atoms with Crippen LogP contribution in [0, 0.1) is 12.8 Å². The van der Waals surface area contributed by atoms with Crippen LogP contribution in [0.15, 0.2) is 24.3 Å². The van der Waals surface area contributed by atoms with Gasteiger partial charge < -0.3 is 14.7 Å². The quantitative estimate of drug-likeness (QED) is 0.765. The molecule has 0 radical (unpaired) electrons. The number of rotatable bonds is 5. The van der Waals surface area contributed by atoms with Crippen LogP contribution in [0.2, 0.25) is 0 Å². The van der Waals surface area contributed by atoms with Gasteiger partial charge in [0, 0.05) is 25.6 Å². The number of carbonyl (C=O) groups is 3. The molecule has 29 heavy (non-hydrogen) atoms. The Labute approximate surface area is 173 Å². The first-order valence-corrected chi connectivity index (χ1v) is 10.6. The van der Waals surface area contributed by atoms with Crippen molar-refractivity contribution in [2.45, 2.75) is 65.6 Å². The molecule has 6 nitrogen and oxygen atoms in total. The van der Waals surface area contributed by atoms with Crippen molar-refractivity contribution in [3.63, 3.8) is 0 Å². The zero-order valence-corrected chi connectivity index (χ0v) is 18.3. The number of amides is 3. The molecule has 1 aromatic carbocycles. The molecule has 0 N–H and O–H groups in total. The second-order valence-electron chi connectivity index (χ2n) is 9.19. The van der Waals surface area contributed by atoms with E-state index in [0.29, 0.717) is 25.9 Å². The number of hydrogen-bond donors (Lipinski definition) is 0. The Kier molecular flexibility index (Phi) is 6.01. The van der Waals surface area contributed by atoms with Gasteiger partial charge in [-0.3, -0.25) is 14.4 Å². The van der Waals surface area contributed by atoms with Gasteiger partial charge in [-0.05, 0) is 38.7 Å². The fourth-order valence-electron chi connectivity index (χ4n) is 4.34. The van der Waals surface area contributed by atoms with Gasteiger partial charge in [-0.2, -0.15) is 0 Å². The van der Waals surface area contributed by atoms with E-state index in [1.165, 1.54) is 0 Å². The zero-order valence-electron chi connectivity index (χ0n) is 18.3. The maximum atomic E-state index is 13.6. The standard InChI is InChI=1S/C23H33N3O3/c1-16(2)12-20(27)24-11-10-23(15-24)22(29)25(17(3)4)14-21(28)26(23)13-19-8-6-18(5)7-9-19/h6-9,16-17H,10-15H2,1-5H3. The number of benzene rings is 1. The van der Waals surface area contributed by atoms with E-state index < -0.39 is 5.54 Å². The van der Waals surface area contributed by atoms with Gasteiger partial charge in [-0.15, -0.1) is 0 Å². The van der Waals surface area contributed by atoms with E-state index in [2.05, 4.69) is 0 Å². The molecule has 2 fully saturated rings. The highest BCUT2D eigenvalue weighted by Crippen LogP contribution is 2.36. The number of likely N-dealkylation sites (tertiary alicyclic amines) is 1. The SMILES string of the molecule is Cc1ccc(CN2C(=O)CN(C(C)C)C(=O)C23CCN(C(=O)CC(C)C)C3)cc1. The van der Waals surface area contributed by atoms with E-state index in [9.17, 15) is 14.4 Å². The summed E-state index contributed by atoms with van der Waals surface area (Å²) < 4.78 is 0. The molecule has 1 unspecified atom stereocenters. The lowest BCUT2D eigenvalue weighted by atomic mass is 9.89. The molecule has 158 valence electrons. The average Bonchev–Trinajstić information content (AvgIpc) is 3.09. The van der Waals surface area contributed by atoms with Gasteiger partial charge in [-0.25, -0.2) is 0 Å². The molecule has 0 saturated carbocycles. The molecule has 3 amide bonds. The van der Waals surface area contributed by atoms with Crippen LogP contribution in [0.4, 0.5) is 0 Å². The van der Waals surface area contributed by atoms with Gasteiger partial charge >= 0.3 is 0 Å². The Balaban J connectivity index is 1.92. The Bertz CT molecular complexity index is 787. The van der Waals surface area contributed by atoms with Crippen LogP contribution in [-0.4, -0.2) is 63.6 Å². The highest BCUT2D eigenvalue weighted by atomic mass is 16.2. The van der Waals surface area contributed by atoms with Crippen molar-refractivity contribution < 1.29 is 14.4 Å². The molecule has 2 aliphatic rings. The second kappa shape index (κ2) is 8.17. The number of hydrogen-bond acceptors (Lipinski definition) is 3. The van der Waals surface area contributed by atoms with E-state index in [4.69, 9.17) is 0 Å². The Hall–Kier alpha value is -2.37. The van der Waals surface area contributed by atoms with Crippen LogP contribution in [0.1, 0.15) is 51.7 Å². The van der Waals surface area contributed by atoms with Crippen molar-refractivity contribution in [2.24, 2.45) is 5.92 Å². The van der Waals surface area contributed by atoms with E-state index in [0.717, 1.165) is 11.1 Å². The van der Waals surface area contributed by atoms with Crippen LogP contribution in [0.25, 0.3) is 0 Å². The maximum absolute atomic E-state index is 13.6. The first kappa shape index (κ1) is 21.3. The summed E-state index contributed by atoms with van der Waals surface area (Å²) in [7, 11) is 0. The lowest BCUT2D eigenvalue weighted by Gasteiger charge is -2.48. The van der Waals surface area contributed by atoms with Crippen molar-refractivity contribution in [1.82, 2.24) is 14.7 Å². The molecule has 1 spiro atoms. The molecule has 1 aromatic rings. The predicted molar refractivity (Wildman–Crippen MR) is 112 cm³/mol. The fraction of sp³-hybridized carbons (Fsp3) is 0.609. The number of aryl methyl sites for hydroxylation is 1. The first-order chi connectivity index (χ1) is 13.6. The summed E-state index contributed by atoms with van der Waals surface area (Å²) in [4.78, 5) is 44.6. The molecule has 1 atom stereocenters. The van der Waals surface area contributed by atoms with Crippen LogP contribution >= 0.6 is 0 Å². The summed E-state index contributed by atoms with van der Waals surface area (Å²) in [6.45, 7) is 11.2. The summed E-state index contributed by atoms with van der Waals surface area (Å²) in [6.07, 6.45) is 0.959. The second-order valence-corrected chi connectivity index (χ2v) is 9.19. The fourth-order valence-corrected chi connectivity index (χ4v) is 4.34. The highest BCUT2D eigenvalue weighted by molar-refractivity contribution is 5.99. The molecule has 0 aliphatic carbocycles. The lowest BCUT2D eigenvalue weighted by molar-refractivity contribution is -0.167. The van der Waals surface area contributed by atoms with Gasteiger partial charge in [0.25, 0.3) is 5.91 Å². The molecular formula is C23H33N3O3. The molecule has 0 aromatic heterocycles. The van der Waals surface area contributed by atoms with E-state index in [1.54, 1.807) is 14.7 Å². The smallest absolute Gasteiger partial charge is 0.251 e. The summed E-state index contributed by atoms with van der Waals surface area (Å²) in [6, 6.07) is 8.00. The first-order valence-electron chi connectivity index (χ1n) is 10.6. The third kappa shape index (κ3) is 4.16. The van der Waals surface area contributed by atoms with Crippen LogP contribution < -0.4 is 0 Å². The molecule has 2 saturated heterocycles. The summed E-state index contributed by atoms with van der Waals surface area (Å²) in [5, 5.41) is 0. The van der Waals surface area contributed by atoms with Crippen molar-refractivity contribution in [3.05, 3.63) is 35.4 Å². The molecular weight excluding hydrogens is 366 g/mol. The molecule has 2 aliphatic heterocycles. The Morgan fingerprint density at radius 3 is 2.34 bits per heavy atom. The molecule has 0 bridgehead atoms. The van der Waals surface area contributed by atoms with E-state index in [-0.39, 0.29) is 42.8 Å². The van der Waals surface area contributed by atoms with Crippen molar-refractivity contribution in [3.8, 4) is 0 Å². The number of nitrogens with zero attached hydrogens (tertiary/aromatic N) is 3. The van der Waals surface area contributed by atoms with Crippen molar-refractivity contribution in [2.75, 3.05) is 19.6 Å². The van der Waals surface area contributed by atoms with Gasteiger partial charge in [-0.1, -0.05) is 43.7 Å². The van der Waals surface area contributed by atoms with Gasteiger partial charge in [0.1, 0.15) is 12.1 Å². The van der Waals surface area contributed by atoms with Crippen molar-refractivity contribution in [1.29, 1.82) is 0 Å². The molecule has 2 heterocycles. The van der Waals surface area contributed by atoms with Crippen LogP contribution in [0.3, 0.4) is 0 Å². The van der Waals surface area contributed by atoms with Crippen molar-refractivity contribution >= 4 is 17.7 Å². The molecule has 3 rings (SSSR count). The Morgan fingerprint density at radius 2 is 1.76 bits per heavy atom. The predicted octanol–water partition coefficient (Wildman–Crippen LogP) is 2.59. The minimum atomic E-state index is -0.961. The average molecular weight is 400 g/mol. The topological polar surface area (TPSA) is 60.9 Å². The minimum absolute atomic E-state index is 0.0286. The summed E-state index contributed by atoms with van der Waals surface area (Å²) in [5.41, 5.74) is 1.19. The minimum Gasteiger partial charge on any atom is -0.340 e. The van der Waals surface area contributed by atoms with Crippen LogP contribution in [-0.2, 0) is 20.9 Å². The Morgan fingerprint density at radius 1 is 1.10 bits per heavy atom. The van der Waals surface area contributed by atoms with Crippen LogP contribution in [0.5, 0.6) is 0 Å². The third-order valence-electron chi connectivity index (χ3n) is 6.05. The van der Waals surface area contributed by atoms with E-state index >= 15 is 0 Å². The summed E-state index contributed by atoms with van der Waals surface area (Å²) >= 11 is 0. The van der Waals surface area contributed by atoms with Gasteiger partial charge in [0.05, 0.1) is 6.54 Å². The zero-order chi connectivity index (χ0) is 21.3. The lowest BCUT2D eigenvalue weighted by Crippen LogP contribution is -2.69. The monoisotopic (exact) mass is 399 g/mol. The number of piperazine rings is 1. The normalized spacial score (nSPS) is 22.5. The summed E-state index contributed by atoms with van der Waals surface area (Å²) in [5.74, 6) is 0.253. The van der Waals surface area contributed by atoms with E-state index in [1.807, 2.05) is 58.9 Å². The highest BCUT2D eigenvalue weighted by Gasteiger charge is 2.56. The largest absolute Gasteiger partial charge is 0.340 e. The molecule has 6 heteroatoms. The maximum Gasteiger partial charge on any atom is 0.251 e. The third-order valence-corrected chi connectivity index (χ3v) is 6.05.